The lowest BCUT2D eigenvalue weighted by atomic mass is 10.2. The summed E-state index contributed by atoms with van der Waals surface area (Å²) in [6.07, 6.45) is 5.53. The van der Waals surface area contributed by atoms with E-state index < -0.39 is 0 Å². The van der Waals surface area contributed by atoms with E-state index >= 15 is 0 Å². The lowest BCUT2D eigenvalue weighted by Gasteiger charge is -2.35. The number of aromatic nitrogens is 3. The maximum absolute atomic E-state index is 12.4. The van der Waals surface area contributed by atoms with Crippen molar-refractivity contribution in [1.29, 1.82) is 0 Å². The smallest absolute Gasteiger partial charge is 0.292 e. The highest BCUT2D eigenvalue weighted by Crippen LogP contribution is 2.32. The fourth-order valence-corrected chi connectivity index (χ4v) is 3.46. The summed E-state index contributed by atoms with van der Waals surface area (Å²) in [6, 6.07) is 7.75. The lowest BCUT2D eigenvalue weighted by molar-refractivity contribution is 0.0705. The van der Waals surface area contributed by atoms with Crippen molar-refractivity contribution in [2.45, 2.75) is 12.8 Å². The van der Waals surface area contributed by atoms with Crippen LogP contribution in [-0.2, 0) is 0 Å². The predicted octanol–water partition coefficient (Wildman–Crippen LogP) is 2.37. The first-order chi connectivity index (χ1) is 13.8. The van der Waals surface area contributed by atoms with Crippen LogP contribution in [0.2, 0.25) is 0 Å². The molecule has 2 aromatic heterocycles. The average Bonchev–Trinajstić information content (AvgIpc) is 3.42. The van der Waals surface area contributed by atoms with Crippen molar-refractivity contribution < 1.29 is 14.1 Å². The third kappa shape index (κ3) is 3.37. The Kier molecular flexibility index (Phi) is 4.31. The van der Waals surface area contributed by atoms with Crippen molar-refractivity contribution in [3.8, 4) is 5.88 Å². The second kappa shape index (κ2) is 7.10. The van der Waals surface area contributed by atoms with Crippen molar-refractivity contribution in [2.75, 3.05) is 37.7 Å². The van der Waals surface area contributed by atoms with Crippen LogP contribution < -0.4 is 9.64 Å². The van der Waals surface area contributed by atoms with Crippen LogP contribution in [0.3, 0.4) is 0 Å². The molecular weight excluding hydrogens is 358 g/mol. The number of hydrogen-bond acceptors (Lipinski definition) is 7. The van der Waals surface area contributed by atoms with Crippen LogP contribution in [0.5, 0.6) is 5.88 Å². The van der Waals surface area contributed by atoms with Gasteiger partial charge in [0.15, 0.2) is 0 Å². The fraction of sp³-hybridized carbons (Fsp3) is 0.400. The van der Waals surface area contributed by atoms with Crippen LogP contribution in [0.25, 0.3) is 10.9 Å². The molecule has 1 saturated carbocycles. The maximum atomic E-state index is 12.4. The van der Waals surface area contributed by atoms with E-state index in [2.05, 4.69) is 32.2 Å². The Morgan fingerprint density at radius 2 is 2.00 bits per heavy atom. The lowest BCUT2D eigenvalue weighted by Crippen LogP contribution is -2.48. The summed E-state index contributed by atoms with van der Waals surface area (Å²) in [5.41, 5.74) is 1.97. The summed E-state index contributed by atoms with van der Waals surface area (Å²) in [5, 5.41) is 4.54. The monoisotopic (exact) mass is 379 g/mol. The van der Waals surface area contributed by atoms with Crippen molar-refractivity contribution in [1.82, 2.24) is 20.0 Å². The first-order valence-corrected chi connectivity index (χ1v) is 9.60. The molecule has 1 aliphatic heterocycles. The van der Waals surface area contributed by atoms with E-state index in [4.69, 9.17) is 9.26 Å². The van der Waals surface area contributed by atoms with Gasteiger partial charge >= 0.3 is 0 Å². The van der Waals surface area contributed by atoms with Gasteiger partial charge in [-0.25, -0.2) is 9.97 Å². The highest BCUT2D eigenvalue weighted by Gasteiger charge is 2.25. The molecule has 0 unspecified atom stereocenters. The number of hydrogen-bond donors (Lipinski definition) is 0. The Morgan fingerprint density at radius 1 is 1.14 bits per heavy atom. The van der Waals surface area contributed by atoms with E-state index in [1.54, 1.807) is 17.3 Å². The Labute approximate surface area is 162 Å². The van der Waals surface area contributed by atoms with Crippen molar-refractivity contribution in [3.63, 3.8) is 0 Å². The van der Waals surface area contributed by atoms with Gasteiger partial charge in [0, 0.05) is 37.9 Å². The maximum Gasteiger partial charge on any atom is 0.292 e. The first kappa shape index (κ1) is 17.0. The van der Waals surface area contributed by atoms with Gasteiger partial charge in [0.2, 0.25) is 11.6 Å². The molecule has 8 nitrogen and oxygen atoms in total. The van der Waals surface area contributed by atoms with Crippen LogP contribution in [0.1, 0.15) is 23.4 Å². The molecule has 28 heavy (non-hydrogen) atoms. The molecule has 0 N–H and O–H groups in total. The molecule has 0 radical (unpaired) electrons. The van der Waals surface area contributed by atoms with E-state index in [-0.39, 0.29) is 11.7 Å². The van der Waals surface area contributed by atoms with E-state index in [1.165, 1.54) is 19.0 Å². The zero-order chi connectivity index (χ0) is 18.9. The van der Waals surface area contributed by atoms with E-state index in [1.807, 2.05) is 6.07 Å². The molecular formula is C20H21N5O3. The molecule has 5 rings (SSSR count). The van der Waals surface area contributed by atoms with E-state index in [0.29, 0.717) is 24.9 Å². The molecule has 1 aromatic carbocycles. The predicted molar refractivity (Wildman–Crippen MR) is 102 cm³/mol. The van der Waals surface area contributed by atoms with Gasteiger partial charge in [0.05, 0.1) is 23.7 Å². The van der Waals surface area contributed by atoms with Crippen LogP contribution in [0.15, 0.2) is 41.3 Å². The number of anilines is 1. The normalized spacial score (nSPS) is 17.1. The van der Waals surface area contributed by atoms with Gasteiger partial charge in [-0.3, -0.25) is 4.79 Å². The summed E-state index contributed by atoms with van der Waals surface area (Å²) < 4.78 is 10.9. The second-order valence-electron chi connectivity index (χ2n) is 7.29. The third-order valence-corrected chi connectivity index (χ3v) is 5.32. The quantitative estimate of drug-likeness (QED) is 0.673. The number of amides is 1. The Hall–Kier alpha value is -3.16. The number of piperazine rings is 1. The Balaban J connectivity index is 1.31. The molecule has 0 atom stereocenters. The van der Waals surface area contributed by atoms with Crippen molar-refractivity contribution in [2.24, 2.45) is 5.92 Å². The number of benzene rings is 1. The zero-order valence-corrected chi connectivity index (χ0v) is 15.5. The number of ether oxygens (including phenoxy) is 1. The summed E-state index contributed by atoms with van der Waals surface area (Å²) in [7, 11) is 0. The molecule has 8 heteroatoms. The molecule has 1 amide bonds. The third-order valence-electron chi connectivity index (χ3n) is 5.32. The highest BCUT2D eigenvalue weighted by molar-refractivity contribution is 5.91. The van der Waals surface area contributed by atoms with Crippen LogP contribution in [-0.4, -0.2) is 58.7 Å². The number of nitrogens with zero attached hydrogens (tertiary/aromatic N) is 5. The molecule has 2 fully saturated rings. The van der Waals surface area contributed by atoms with Crippen molar-refractivity contribution >= 4 is 22.5 Å². The van der Waals surface area contributed by atoms with Gasteiger partial charge in [-0.1, -0.05) is 5.16 Å². The average molecular weight is 379 g/mol. The standard InChI is InChI=1S/C20H21N5O3/c26-20(18-5-6-23-28-18)25-9-7-24(8-10-25)15-3-4-17-16(11-15)19(22-13-21-17)27-12-14-1-2-14/h3-6,11,13-14H,1-2,7-10,12H2. The van der Waals surface area contributed by atoms with Crippen LogP contribution in [0, 0.1) is 5.92 Å². The summed E-state index contributed by atoms with van der Waals surface area (Å²) >= 11 is 0. The van der Waals surface area contributed by atoms with Gasteiger partial charge < -0.3 is 19.1 Å². The van der Waals surface area contributed by atoms with E-state index in [9.17, 15) is 4.79 Å². The molecule has 3 heterocycles. The van der Waals surface area contributed by atoms with Crippen LogP contribution >= 0.6 is 0 Å². The molecule has 1 saturated heterocycles. The number of carbonyl (C=O) groups is 1. The fourth-order valence-electron chi connectivity index (χ4n) is 3.46. The van der Waals surface area contributed by atoms with Crippen LogP contribution in [0.4, 0.5) is 5.69 Å². The Morgan fingerprint density at radius 3 is 2.75 bits per heavy atom. The Bertz CT molecular complexity index is 979. The van der Waals surface area contributed by atoms with Gasteiger partial charge in [-0.05, 0) is 37.0 Å². The molecule has 1 aliphatic carbocycles. The van der Waals surface area contributed by atoms with Gasteiger partial charge in [-0.2, -0.15) is 0 Å². The molecule has 144 valence electrons. The van der Waals surface area contributed by atoms with Gasteiger partial charge in [0.25, 0.3) is 5.91 Å². The minimum atomic E-state index is -0.111. The number of carbonyl (C=O) groups excluding carboxylic acids is 1. The first-order valence-electron chi connectivity index (χ1n) is 9.60. The number of rotatable bonds is 5. The van der Waals surface area contributed by atoms with Crippen molar-refractivity contribution in [3.05, 3.63) is 42.5 Å². The SMILES string of the molecule is O=C(c1ccno1)N1CCN(c2ccc3ncnc(OCC4CC4)c3c2)CC1. The summed E-state index contributed by atoms with van der Waals surface area (Å²) in [5.74, 6) is 1.50. The molecule has 2 aliphatic rings. The number of fused-ring (bicyclic) bond motifs is 1. The van der Waals surface area contributed by atoms with E-state index in [0.717, 1.165) is 36.3 Å². The minimum absolute atomic E-state index is 0.111. The molecule has 0 bridgehead atoms. The molecule has 0 spiro atoms. The van der Waals surface area contributed by atoms with Gasteiger partial charge in [-0.15, -0.1) is 0 Å². The zero-order valence-electron chi connectivity index (χ0n) is 15.5. The summed E-state index contributed by atoms with van der Waals surface area (Å²) in [4.78, 5) is 25.1. The topological polar surface area (TPSA) is 84.6 Å². The second-order valence-corrected chi connectivity index (χ2v) is 7.29. The minimum Gasteiger partial charge on any atom is -0.477 e. The largest absolute Gasteiger partial charge is 0.477 e. The molecule has 3 aromatic rings. The van der Waals surface area contributed by atoms with Gasteiger partial charge in [0.1, 0.15) is 6.33 Å². The highest BCUT2D eigenvalue weighted by atomic mass is 16.5. The summed E-state index contributed by atoms with van der Waals surface area (Å²) in [6.45, 7) is 3.48.